The van der Waals surface area contributed by atoms with Crippen LogP contribution in [0, 0.1) is 5.92 Å². The Balaban J connectivity index is 1.98. The number of pyridine rings is 1. The molecule has 30 heavy (non-hydrogen) atoms. The number of carbonyl (C=O) groups is 1. The van der Waals surface area contributed by atoms with E-state index in [1.165, 1.54) is 24.8 Å². The number of amides is 1. The highest BCUT2D eigenvalue weighted by Crippen LogP contribution is 2.38. The maximum absolute atomic E-state index is 13.4. The van der Waals surface area contributed by atoms with E-state index in [9.17, 15) is 4.79 Å². The molecule has 0 aromatic carbocycles. The third-order valence-corrected chi connectivity index (χ3v) is 6.15. The van der Waals surface area contributed by atoms with Crippen molar-refractivity contribution in [2.75, 3.05) is 18.0 Å². The molecule has 1 amide bonds. The lowest BCUT2D eigenvalue weighted by Gasteiger charge is -2.40. The Hall–Kier alpha value is -1.62. The van der Waals surface area contributed by atoms with Crippen molar-refractivity contribution in [3.05, 3.63) is 23.9 Å². The van der Waals surface area contributed by atoms with E-state index < -0.39 is 5.60 Å². The molecule has 5 nitrogen and oxygen atoms in total. The first-order chi connectivity index (χ1) is 14.3. The van der Waals surface area contributed by atoms with Gasteiger partial charge in [-0.25, -0.2) is 9.78 Å². The molecule has 2 aliphatic rings. The minimum Gasteiger partial charge on any atom is -0.443 e. The molecule has 1 saturated heterocycles. The highest BCUT2D eigenvalue weighted by molar-refractivity contribution is 5.88. The van der Waals surface area contributed by atoms with Crippen LogP contribution in [-0.2, 0) is 4.74 Å². The standard InChI is InChI=1S/C25H41N3O2/c1-19(2)18-27-17-10-9-15-22(27)21-14-11-16-26-23(21)28(20-12-7-6-8-13-20)24(29)30-25(3,4)5/h11,14,16,19-20,22H,6-10,12-13,15,17-18H2,1-5H3. The number of hydrogen-bond acceptors (Lipinski definition) is 4. The van der Waals surface area contributed by atoms with Gasteiger partial charge in [-0.1, -0.05) is 45.6 Å². The molecule has 0 bridgehead atoms. The summed E-state index contributed by atoms with van der Waals surface area (Å²) in [6.45, 7) is 12.6. The zero-order valence-corrected chi connectivity index (χ0v) is 19.7. The number of carbonyl (C=O) groups excluding carboxylic acids is 1. The number of likely N-dealkylation sites (tertiary alicyclic amines) is 1. The van der Waals surface area contributed by atoms with Gasteiger partial charge in [-0.15, -0.1) is 0 Å². The Bertz CT molecular complexity index is 692. The minimum absolute atomic E-state index is 0.171. The van der Waals surface area contributed by atoms with Gasteiger partial charge in [0.15, 0.2) is 0 Å². The molecule has 1 aromatic heterocycles. The van der Waals surface area contributed by atoms with Crippen molar-refractivity contribution < 1.29 is 9.53 Å². The number of piperidine rings is 1. The smallest absolute Gasteiger partial charge is 0.416 e. The average molecular weight is 416 g/mol. The first kappa shape index (κ1) is 23.1. The fourth-order valence-corrected chi connectivity index (χ4v) is 4.96. The third-order valence-electron chi connectivity index (χ3n) is 6.15. The molecule has 1 aromatic rings. The highest BCUT2D eigenvalue weighted by Gasteiger charge is 2.35. The van der Waals surface area contributed by atoms with Crippen LogP contribution in [-0.4, -0.2) is 40.7 Å². The summed E-state index contributed by atoms with van der Waals surface area (Å²) < 4.78 is 5.87. The SMILES string of the molecule is CC(C)CN1CCCCC1c1cccnc1N(C(=O)OC(C)(C)C)C1CCCCC1. The summed E-state index contributed by atoms with van der Waals surface area (Å²) in [6.07, 6.45) is 10.8. The van der Waals surface area contributed by atoms with Gasteiger partial charge in [0, 0.05) is 30.4 Å². The summed E-state index contributed by atoms with van der Waals surface area (Å²) in [7, 11) is 0. The minimum atomic E-state index is -0.520. The molecule has 2 heterocycles. The van der Waals surface area contributed by atoms with E-state index in [4.69, 9.17) is 9.72 Å². The van der Waals surface area contributed by atoms with Crippen molar-refractivity contribution in [1.82, 2.24) is 9.88 Å². The van der Waals surface area contributed by atoms with E-state index in [0.29, 0.717) is 12.0 Å². The zero-order valence-electron chi connectivity index (χ0n) is 19.7. The number of anilines is 1. The van der Waals surface area contributed by atoms with Gasteiger partial charge in [-0.2, -0.15) is 0 Å². The molecule has 1 aliphatic heterocycles. The van der Waals surface area contributed by atoms with Gasteiger partial charge in [0.2, 0.25) is 0 Å². The van der Waals surface area contributed by atoms with Gasteiger partial charge in [-0.3, -0.25) is 9.80 Å². The van der Waals surface area contributed by atoms with Crippen LogP contribution in [0.3, 0.4) is 0 Å². The monoisotopic (exact) mass is 415 g/mol. The summed E-state index contributed by atoms with van der Waals surface area (Å²) in [6, 6.07) is 4.70. The van der Waals surface area contributed by atoms with Crippen LogP contribution in [0.2, 0.25) is 0 Å². The van der Waals surface area contributed by atoms with E-state index in [1.54, 1.807) is 0 Å². The molecule has 1 saturated carbocycles. The Morgan fingerprint density at radius 1 is 1.17 bits per heavy atom. The van der Waals surface area contributed by atoms with Crippen LogP contribution in [0.4, 0.5) is 10.6 Å². The van der Waals surface area contributed by atoms with Gasteiger partial charge in [-0.05, 0) is 65.0 Å². The molecular weight excluding hydrogens is 374 g/mol. The van der Waals surface area contributed by atoms with E-state index >= 15 is 0 Å². The summed E-state index contributed by atoms with van der Waals surface area (Å²) in [5.41, 5.74) is 0.669. The zero-order chi connectivity index (χ0) is 21.7. The predicted molar refractivity (Wildman–Crippen MR) is 123 cm³/mol. The number of hydrogen-bond donors (Lipinski definition) is 0. The Labute approximate surface area is 183 Å². The molecule has 0 N–H and O–H groups in total. The van der Waals surface area contributed by atoms with Crippen LogP contribution in [0.5, 0.6) is 0 Å². The lowest BCUT2D eigenvalue weighted by molar-refractivity contribution is 0.0554. The molecule has 0 radical (unpaired) electrons. The molecule has 1 aliphatic carbocycles. The average Bonchev–Trinajstić information content (AvgIpc) is 2.68. The van der Waals surface area contributed by atoms with Crippen molar-refractivity contribution in [1.29, 1.82) is 0 Å². The van der Waals surface area contributed by atoms with Gasteiger partial charge < -0.3 is 4.74 Å². The Kier molecular flexibility index (Phi) is 7.78. The second kappa shape index (κ2) is 10.1. The maximum Gasteiger partial charge on any atom is 0.416 e. The van der Waals surface area contributed by atoms with Crippen molar-refractivity contribution >= 4 is 11.9 Å². The molecular formula is C25H41N3O2. The van der Waals surface area contributed by atoms with E-state index in [2.05, 4.69) is 24.8 Å². The molecule has 168 valence electrons. The van der Waals surface area contributed by atoms with Crippen LogP contribution in [0.15, 0.2) is 18.3 Å². The number of ether oxygens (including phenoxy) is 1. The molecule has 2 fully saturated rings. The summed E-state index contributed by atoms with van der Waals surface area (Å²) in [5, 5.41) is 0. The van der Waals surface area contributed by atoms with Crippen molar-refractivity contribution in [3.63, 3.8) is 0 Å². The van der Waals surface area contributed by atoms with Crippen LogP contribution < -0.4 is 4.90 Å². The van der Waals surface area contributed by atoms with Crippen molar-refractivity contribution in [2.45, 2.75) is 104 Å². The highest BCUT2D eigenvalue weighted by atomic mass is 16.6. The molecule has 0 spiro atoms. The number of nitrogens with zero attached hydrogens (tertiary/aromatic N) is 3. The first-order valence-corrected chi connectivity index (χ1v) is 12.0. The van der Waals surface area contributed by atoms with Crippen LogP contribution in [0.25, 0.3) is 0 Å². The Morgan fingerprint density at radius 2 is 1.87 bits per heavy atom. The molecule has 1 atom stereocenters. The van der Waals surface area contributed by atoms with Crippen molar-refractivity contribution in [3.8, 4) is 0 Å². The summed E-state index contributed by atoms with van der Waals surface area (Å²) >= 11 is 0. The van der Waals surface area contributed by atoms with E-state index in [-0.39, 0.29) is 12.1 Å². The molecule has 5 heteroatoms. The largest absolute Gasteiger partial charge is 0.443 e. The van der Waals surface area contributed by atoms with Crippen molar-refractivity contribution in [2.24, 2.45) is 5.92 Å². The first-order valence-electron chi connectivity index (χ1n) is 12.0. The molecule has 1 unspecified atom stereocenters. The normalized spacial score (nSPS) is 21.6. The predicted octanol–water partition coefficient (Wildman–Crippen LogP) is 6.34. The maximum atomic E-state index is 13.4. The van der Waals surface area contributed by atoms with Crippen LogP contribution in [0.1, 0.15) is 97.6 Å². The van der Waals surface area contributed by atoms with Crippen LogP contribution >= 0.6 is 0 Å². The van der Waals surface area contributed by atoms with Gasteiger partial charge in [0.05, 0.1) is 0 Å². The summed E-state index contributed by atoms with van der Waals surface area (Å²) in [5.74, 6) is 1.44. The fourth-order valence-electron chi connectivity index (χ4n) is 4.96. The quantitative estimate of drug-likeness (QED) is 0.563. The molecule has 3 rings (SSSR count). The number of aromatic nitrogens is 1. The second-order valence-corrected chi connectivity index (χ2v) is 10.5. The third kappa shape index (κ3) is 5.96. The number of rotatable bonds is 5. The van der Waals surface area contributed by atoms with Gasteiger partial charge in [0.1, 0.15) is 11.4 Å². The van der Waals surface area contributed by atoms with E-state index in [1.807, 2.05) is 37.9 Å². The fraction of sp³-hybridized carbons (Fsp3) is 0.760. The van der Waals surface area contributed by atoms with Gasteiger partial charge >= 0.3 is 6.09 Å². The van der Waals surface area contributed by atoms with Gasteiger partial charge in [0.25, 0.3) is 0 Å². The summed E-state index contributed by atoms with van der Waals surface area (Å²) in [4.78, 5) is 22.7. The topological polar surface area (TPSA) is 45.7 Å². The Morgan fingerprint density at radius 3 is 2.53 bits per heavy atom. The van der Waals surface area contributed by atoms with E-state index in [0.717, 1.165) is 51.0 Å². The lowest BCUT2D eigenvalue weighted by Crippen LogP contribution is -2.46. The lowest BCUT2D eigenvalue weighted by atomic mass is 9.92. The second-order valence-electron chi connectivity index (χ2n) is 10.5.